The lowest BCUT2D eigenvalue weighted by Gasteiger charge is -2.31. The van der Waals surface area contributed by atoms with Crippen molar-refractivity contribution >= 4 is 17.9 Å². The number of alkyl halides is 3. The Kier molecular flexibility index (Phi) is 8.44. The van der Waals surface area contributed by atoms with E-state index >= 15 is 0 Å². The molecule has 1 aliphatic rings. The van der Waals surface area contributed by atoms with Gasteiger partial charge in [0.25, 0.3) is 5.91 Å². The van der Waals surface area contributed by atoms with E-state index in [-0.39, 0.29) is 18.5 Å². The number of nitrogens with one attached hydrogen (secondary N) is 2. The van der Waals surface area contributed by atoms with Crippen molar-refractivity contribution in [3.63, 3.8) is 0 Å². The minimum Gasteiger partial charge on any atom is -0.484 e. The first-order valence-corrected chi connectivity index (χ1v) is 11.4. The summed E-state index contributed by atoms with van der Waals surface area (Å²) in [5.41, 5.74) is 1.84. The molecule has 0 saturated carbocycles. The Balaban J connectivity index is 1.70. The highest BCUT2D eigenvalue weighted by atomic mass is 19.4. The lowest BCUT2D eigenvalue weighted by Crippen LogP contribution is -2.49. The second kappa shape index (κ2) is 11.3. The highest BCUT2D eigenvalue weighted by Crippen LogP contribution is 2.27. The van der Waals surface area contributed by atoms with E-state index in [0.29, 0.717) is 36.3 Å². The summed E-state index contributed by atoms with van der Waals surface area (Å²) in [7, 11) is 0. The van der Waals surface area contributed by atoms with Crippen molar-refractivity contribution in [1.82, 2.24) is 15.5 Å². The maximum Gasteiger partial charge on any atom is 0.471 e. The van der Waals surface area contributed by atoms with E-state index in [2.05, 4.69) is 5.32 Å². The Hall–Kier alpha value is -3.76. The van der Waals surface area contributed by atoms with Crippen LogP contribution in [0.2, 0.25) is 0 Å². The number of aryl methyl sites for hydroxylation is 1. The van der Waals surface area contributed by atoms with E-state index in [4.69, 9.17) is 9.84 Å². The number of hydrogen-bond donors (Lipinski definition) is 3. The van der Waals surface area contributed by atoms with Gasteiger partial charge in [-0.2, -0.15) is 13.2 Å². The first kappa shape index (κ1) is 26.8. The first-order valence-electron chi connectivity index (χ1n) is 11.4. The fourth-order valence-corrected chi connectivity index (χ4v) is 3.95. The summed E-state index contributed by atoms with van der Waals surface area (Å²) in [6.45, 7) is 3.92. The number of hydrogen-bond acceptors (Lipinski definition) is 4. The zero-order valence-electron chi connectivity index (χ0n) is 19.8. The molecule has 1 heterocycles. The highest BCUT2D eigenvalue weighted by Gasteiger charge is 2.40. The predicted octanol–water partition coefficient (Wildman–Crippen LogP) is 4.05. The number of rotatable bonds is 7. The molecule has 194 valence electrons. The molecule has 1 fully saturated rings. The van der Waals surface area contributed by atoms with Crippen molar-refractivity contribution in [2.75, 3.05) is 13.1 Å². The molecule has 0 aromatic heterocycles. The molecule has 0 unspecified atom stereocenters. The van der Waals surface area contributed by atoms with Gasteiger partial charge in [-0.3, -0.25) is 9.59 Å². The SMILES string of the molecule is Cc1ccc([C@@H](Oc2ccc(C(=O)N[C@H]3CCCN(C(=O)O)C3)cc2)[C@H](C)NC(=O)C(F)(F)F)cc1. The Morgan fingerprint density at radius 3 is 2.31 bits per heavy atom. The van der Waals surface area contributed by atoms with Crippen LogP contribution in [0.25, 0.3) is 0 Å². The van der Waals surface area contributed by atoms with Gasteiger partial charge < -0.3 is 25.4 Å². The molecule has 0 aliphatic carbocycles. The standard InChI is InChI=1S/C25H28F3N3O5/c1-15-5-7-17(8-6-15)21(16(2)29-23(33)25(26,27)28)36-20-11-9-18(10-12-20)22(32)30-19-4-3-13-31(14-19)24(34)35/h5-12,16,19,21H,3-4,13-14H2,1-2H3,(H,29,33)(H,30,32)(H,34,35)/t16-,19-,21-/m0/s1. The maximum absolute atomic E-state index is 12.8. The van der Waals surface area contributed by atoms with Crippen molar-refractivity contribution in [1.29, 1.82) is 0 Å². The Morgan fingerprint density at radius 1 is 1.08 bits per heavy atom. The Labute approximate surface area is 206 Å². The number of likely N-dealkylation sites (tertiary alicyclic amines) is 1. The predicted molar refractivity (Wildman–Crippen MR) is 125 cm³/mol. The molecule has 3 atom stereocenters. The van der Waals surface area contributed by atoms with Crippen molar-refractivity contribution in [2.24, 2.45) is 0 Å². The van der Waals surface area contributed by atoms with Gasteiger partial charge in [0, 0.05) is 24.7 Å². The normalized spacial score (nSPS) is 17.6. The van der Waals surface area contributed by atoms with Crippen LogP contribution >= 0.6 is 0 Å². The average Bonchev–Trinajstić information content (AvgIpc) is 2.83. The molecular formula is C25H28F3N3O5. The Morgan fingerprint density at radius 2 is 1.72 bits per heavy atom. The number of amides is 3. The van der Waals surface area contributed by atoms with E-state index in [1.807, 2.05) is 12.2 Å². The first-order chi connectivity index (χ1) is 16.9. The summed E-state index contributed by atoms with van der Waals surface area (Å²) >= 11 is 0. The summed E-state index contributed by atoms with van der Waals surface area (Å²) in [6.07, 6.45) is -5.68. The zero-order chi connectivity index (χ0) is 26.5. The number of ether oxygens (including phenoxy) is 1. The number of halogens is 3. The summed E-state index contributed by atoms with van der Waals surface area (Å²) < 4.78 is 44.3. The number of benzene rings is 2. The summed E-state index contributed by atoms with van der Waals surface area (Å²) in [4.78, 5) is 36.6. The summed E-state index contributed by atoms with van der Waals surface area (Å²) in [5, 5.41) is 13.9. The second-order valence-corrected chi connectivity index (χ2v) is 8.77. The smallest absolute Gasteiger partial charge is 0.471 e. The van der Waals surface area contributed by atoms with Gasteiger partial charge in [-0.05, 0) is 56.5 Å². The van der Waals surface area contributed by atoms with Gasteiger partial charge in [0.2, 0.25) is 0 Å². The molecule has 2 aromatic carbocycles. The van der Waals surface area contributed by atoms with E-state index in [1.54, 1.807) is 24.3 Å². The summed E-state index contributed by atoms with van der Waals surface area (Å²) in [5.74, 6) is -2.15. The summed E-state index contributed by atoms with van der Waals surface area (Å²) in [6, 6.07) is 11.7. The highest BCUT2D eigenvalue weighted by molar-refractivity contribution is 5.94. The monoisotopic (exact) mass is 507 g/mol. The fourth-order valence-electron chi connectivity index (χ4n) is 3.95. The molecule has 0 bridgehead atoms. The van der Waals surface area contributed by atoms with Crippen molar-refractivity contribution in [3.8, 4) is 5.75 Å². The van der Waals surface area contributed by atoms with Crippen LogP contribution in [0.15, 0.2) is 48.5 Å². The van der Waals surface area contributed by atoms with Crippen LogP contribution in [-0.2, 0) is 4.79 Å². The molecule has 1 saturated heterocycles. The molecular weight excluding hydrogens is 479 g/mol. The van der Waals surface area contributed by atoms with Crippen molar-refractivity contribution in [3.05, 3.63) is 65.2 Å². The Bertz CT molecular complexity index is 1070. The van der Waals surface area contributed by atoms with E-state index in [0.717, 1.165) is 5.56 Å². The van der Waals surface area contributed by atoms with Crippen LogP contribution in [0, 0.1) is 6.92 Å². The molecule has 0 radical (unpaired) electrons. The van der Waals surface area contributed by atoms with E-state index in [9.17, 15) is 27.6 Å². The molecule has 3 N–H and O–H groups in total. The third-order valence-electron chi connectivity index (χ3n) is 5.88. The van der Waals surface area contributed by atoms with Crippen LogP contribution < -0.4 is 15.4 Å². The minimum atomic E-state index is -5.03. The van der Waals surface area contributed by atoms with Crippen LogP contribution in [0.5, 0.6) is 5.75 Å². The number of nitrogens with zero attached hydrogens (tertiary/aromatic N) is 1. The third-order valence-corrected chi connectivity index (χ3v) is 5.88. The van der Waals surface area contributed by atoms with Crippen LogP contribution in [0.3, 0.4) is 0 Å². The van der Waals surface area contributed by atoms with Crippen LogP contribution in [0.4, 0.5) is 18.0 Å². The average molecular weight is 508 g/mol. The van der Waals surface area contributed by atoms with E-state index in [1.165, 1.54) is 36.1 Å². The van der Waals surface area contributed by atoms with E-state index < -0.39 is 30.3 Å². The van der Waals surface area contributed by atoms with Crippen molar-refractivity contribution in [2.45, 2.75) is 51.1 Å². The molecule has 8 nitrogen and oxygen atoms in total. The molecule has 3 rings (SSSR count). The molecule has 2 aromatic rings. The van der Waals surface area contributed by atoms with Gasteiger partial charge in [-0.15, -0.1) is 0 Å². The largest absolute Gasteiger partial charge is 0.484 e. The molecule has 3 amide bonds. The van der Waals surface area contributed by atoms with Crippen LogP contribution in [-0.4, -0.2) is 59.3 Å². The number of carbonyl (C=O) groups excluding carboxylic acids is 2. The molecule has 36 heavy (non-hydrogen) atoms. The quantitative estimate of drug-likeness (QED) is 0.524. The molecule has 0 spiro atoms. The topological polar surface area (TPSA) is 108 Å². The zero-order valence-corrected chi connectivity index (χ0v) is 19.8. The number of carboxylic acid groups (broad SMARTS) is 1. The van der Waals surface area contributed by atoms with Gasteiger partial charge >= 0.3 is 18.2 Å². The van der Waals surface area contributed by atoms with Gasteiger partial charge in [0.1, 0.15) is 11.9 Å². The van der Waals surface area contributed by atoms with Gasteiger partial charge in [-0.25, -0.2) is 4.79 Å². The van der Waals surface area contributed by atoms with Gasteiger partial charge in [0.05, 0.1) is 6.04 Å². The van der Waals surface area contributed by atoms with Gasteiger partial charge in [-0.1, -0.05) is 29.8 Å². The lowest BCUT2D eigenvalue weighted by atomic mass is 10.0. The second-order valence-electron chi connectivity index (χ2n) is 8.77. The molecule has 11 heteroatoms. The fraction of sp³-hybridized carbons (Fsp3) is 0.400. The number of piperidine rings is 1. The lowest BCUT2D eigenvalue weighted by molar-refractivity contribution is -0.174. The third kappa shape index (κ3) is 7.12. The van der Waals surface area contributed by atoms with Crippen LogP contribution in [0.1, 0.15) is 47.4 Å². The maximum atomic E-state index is 12.8. The van der Waals surface area contributed by atoms with Crippen molar-refractivity contribution < 1.29 is 37.4 Å². The van der Waals surface area contributed by atoms with Gasteiger partial charge in [0.15, 0.2) is 0 Å². The number of carbonyl (C=O) groups is 3. The minimum absolute atomic E-state index is 0.210. The molecule has 1 aliphatic heterocycles.